The molecule has 0 radical (unpaired) electrons. The highest BCUT2D eigenvalue weighted by molar-refractivity contribution is 7.09. The zero-order valence-electron chi connectivity index (χ0n) is 9.45. The Morgan fingerprint density at radius 2 is 2.33 bits per heavy atom. The number of hydrogen-bond donors (Lipinski definition) is 0. The topological polar surface area (TPSA) is 39.2 Å². The van der Waals surface area contributed by atoms with Gasteiger partial charge in [-0.3, -0.25) is 4.79 Å². The lowest BCUT2D eigenvalue weighted by Crippen LogP contribution is -2.13. The summed E-state index contributed by atoms with van der Waals surface area (Å²) in [5, 5.41) is 3.07. The van der Waals surface area contributed by atoms with Crippen molar-refractivity contribution in [3.05, 3.63) is 16.1 Å². The summed E-state index contributed by atoms with van der Waals surface area (Å²) < 4.78 is 4.75. The minimum atomic E-state index is -0.197. The van der Waals surface area contributed by atoms with Gasteiger partial charge in [0.2, 0.25) is 0 Å². The van der Waals surface area contributed by atoms with Gasteiger partial charge in [0.25, 0.3) is 0 Å². The summed E-state index contributed by atoms with van der Waals surface area (Å²) in [7, 11) is 1.42. The molecule has 0 N–H and O–H groups in total. The van der Waals surface area contributed by atoms with Crippen LogP contribution in [0.2, 0.25) is 0 Å². The second kappa shape index (κ2) is 5.85. The minimum absolute atomic E-state index is 0.189. The Bertz CT molecular complexity index is 322. The van der Waals surface area contributed by atoms with E-state index >= 15 is 0 Å². The second-order valence-electron chi connectivity index (χ2n) is 3.40. The standard InChI is InChI=1S/C11H17NO2S/c1-4-6-10-12-9(7-15-10)8(5-2)11(13)14-3/h7-8H,4-6H2,1-3H3. The molecule has 1 aromatic heterocycles. The Kier molecular flexibility index (Phi) is 4.75. The zero-order valence-corrected chi connectivity index (χ0v) is 10.3. The first-order chi connectivity index (χ1) is 7.22. The molecule has 3 nitrogen and oxygen atoms in total. The lowest BCUT2D eigenvalue weighted by molar-refractivity contribution is -0.142. The molecule has 0 aromatic carbocycles. The third kappa shape index (κ3) is 3.02. The van der Waals surface area contributed by atoms with Crippen LogP contribution in [-0.2, 0) is 16.0 Å². The van der Waals surface area contributed by atoms with Gasteiger partial charge in [0, 0.05) is 5.38 Å². The van der Waals surface area contributed by atoms with Crippen molar-refractivity contribution in [3.8, 4) is 0 Å². The molecule has 0 aliphatic heterocycles. The normalized spacial score (nSPS) is 12.5. The smallest absolute Gasteiger partial charge is 0.314 e. The Morgan fingerprint density at radius 3 is 2.87 bits per heavy atom. The molecule has 15 heavy (non-hydrogen) atoms. The van der Waals surface area contributed by atoms with E-state index in [9.17, 15) is 4.79 Å². The van der Waals surface area contributed by atoms with Crippen LogP contribution in [0.4, 0.5) is 0 Å². The fourth-order valence-corrected chi connectivity index (χ4v) is 2.41. The molecule has 0 saturated heterocycles. The lowest BCUT2D eigenvalue weighted by Gasteiger charge is -2.08. The fraction of sp³-hybridized carbons (Fsp3) is 0.636. The molecule has 1 rings (SSSR count). The number of nitrogens with zero attached hydrogens (tertiary/aromatic N) is 1. The quantitative estimate of drug-likeness (QED) is 0.726. The first-order valence-electron chi connectivity index (χ1n) is 5.25. The molecule has 0 amide bonds. The molecule has 84 valence electrons. The first kappa shape index (κ1) is 12.2. The van der Waals surface area contributed by atoms with Crippen molar-refractivity contribution in [1.29, 1.82) is 0 Å². The van der Waals surface area contributed by atoms with Crippen molar-refractivity contribution >= 4 is 17.3 Å². The van der Waals surface area contributed by atoms with Crippen molar-refractivity contribution < 1.29 is 9.53 Å². The molecule has 0 fully saturated rings. The van der Waals surface area contributed by atoms with E-state index in [-0.39, 0.29) is 11.9 Å². The summed E-state index contributed by atoms with van der Waals surface area (Å²) in [6, 6.07) is 0. The predicted molar refractivity (Wildman–Crippen MR) is 61.2 cm³/mol. The summed E-state index contributed by atoms with van der Waals surface area (Å²) in [6.45, 7) is 4.10. The van der Waals surface area contributed by atoms with E-state index in [1.165, 1.54) is 7.11 Å². The highest BCUT2D eigenvalue weighted by Crippen LogP contribution is 2.23. The summed E-state index contributed by atoms with van der Waals surface area (Å²) in [6.07, 6.45) is 2.81. The third-order valence-electron chi connectivity index (χ3n) is 2.28. The maximum Gasteiger partial charge on any atom is 0.314 e. The largest absolute Gasteiger partial charge is 0.469 e. The van der Waals surface area contributed by atoms with Crippen LogP contribution in [0.3, 0.4) is 0 Å². The number of methoxy groups -OCH3 is 1. The predicted octanol–water partition coefficient (Wildman–Crippen LogP) is 2.76. The Hall–Kier alpha value is -0.900. The molecule has 0 aliphatic carbocycles. The Balaban J connectivity index is 2.78. The van der Waals surface area contributed by atoms with Crippen LogP contribution in [0.25, 0.3) is 0 Å². The molecule has 0 bridgehead atoms. The van der Waals surface area contributed by atoms with Gasteiger partial charge in [0.05, 0.1) is 23.7 Å². The number of aryl methyl sites for hydroxylation is 1. The van der Waals surface area contributed by atoms with E-state index in [2.05, 4.69) is 11.9 Å². The van der Waals surface area contributed by atoms with Crippen LogP contribution >= 0.6 is 11.3 Å². The SMILES string of the molecule is CCCc1nc(C(CC)C(=O)OC)cs1. The number of aromatic nitrogens is 1. The maximum atomic E-state index is 11.5. The van der Waals surface area contributed by atoms with Crippen molar-refractivity contribution in [3.63, 3.8) is 0 Å². The van der Waals surface area contributed by atoms with Gasteiger partial charge in [-0.2, -0.15) is 0 Å². The minimum Gasteiger partial charge on any atom is -0.469 e. The van der Waals surface area contributed by atoms with Gasteiger partial charge >= 0.3 is 5.97 Å². The number of thiazole rings is 1. The van der Waals surface area contributed by atoms with Gasteiger partial charge in [-0.1, -0.05) is 13.8 Å². The summed E-state index contributed by atoms with van der Waals surface area (Å²) >= 11 is 1.63. The Morgan fingerprint density at radius 1 is 1.60 bits per heavy atom. The van der Waals surface area contributed by atoms with Crippen LogP contribution in [0.5, 0.6) is 0 Å². The third-order valence-corrected chi connectivity index (χ3v) is 3.21. The van der Waals surface area contributed by atoms with E-state index in [1.54, 1.807) is 11.3 Å². The molecule has 1 aromatic rings. The average Bonchev–Trinajstić information content (AvgIpc) is 2.68. The number of hydrogen-bond acceptors (Lipinski definition) is 4. The molecule has 0 saturated carbocycles. The summed E-state index contributed by atoms with van der Waals surface area (Å²) in [5.41, 5.74) is 0.859. The number of rotatable bonds is 5. The maximum absolute atomic E-state index is 11.5. The molecule has 0 aliphatic rings. The molecule has 1 atom stereocenters. The van der Waals surface area contributed by atoms with E-state index in [1.807, 2.05) is 12.3 Å². The van der Waals surface area contributed by atoms with Gasteiger partial charge in [0.1, 0.15) is 0 Å². The molecule has 0 spiro atoms. The Labute approximate surface area is 94.5 Å². The van der Waals surface area contributed by atoms with E-state index < -0.39 is 0 Å². The van der Waals surface area contributed by atoms with Gasteiger partial charge in [-0.15, -0.1) is 11.3 Å². The van der Waals surface area contributed by atoms with Crippen molar-refractivity contribution in [1.82, 2.24) is 4.98 Å². The van der Waals surface area contributed by atoms with Gasteiger partial charge in [-0.25, -0.2) is 4.98 Å². The van der Waals surface area contributed by atoms with Crippen LogP contribution in [0.15, 0.2) is 5.38 Å². The first-order valence-corrected chi connectivity index (χ1v) is 6.13. The highest BCUT2D eigenvalue weighted by Gasteiger charge is 2.21. The average molecular weight is 227 g/mol. The monoisotopic (exact) mass is 227 g/mol. The van der Waals surface area contributed by atoms with Gasteiger partial charge < -0.3 is 4.74 Å². The summed E-state index contributed by atoms with van der Waals surface area (Å²) in [5.74, 6) is -0.386. The number of carbonyl (C=O) groups excluding carboxylic acids is 1. The number of carbonyl (C=O) groups is 1. The van der Waals surface area contributed by atoms with E-state index in [0.717, 1.165) is 30.0 Å². The van der Waals surface area contributed by atoms with Crippen molar-refractivity contribution in [2.75, 3.05) is 7.11 Å². The van der Waals surface area contributed by atoms with E-state index in [4.69, 9.17) is 4.74 Å². The highest BCUT2D eigenvalue weighted by atomic mass is 32.1. The molecule has 4 heteroatoms. The van der Waals surface area contributed by atoms with Gasteiger partial charge in [0.15, 0.2) is 0 Å². The number of ether oxygens (including phenoxy) is 1. The number of esters is 1. The van der Waals surface area contributed by atoms with Crippen LogP contribution in [-0.4, -0.2) is 18.1 Å². The van der Waals surface area contributed by atoms with E-state index in [0.29, 0.717) is 0 Å². The second-order valence-corrected chi connectivity index (χ2v) is 4.34. The summed E-state index contributed by atoms with van der Waals surface area (Å²) in [4.78, 5) is 15.9. The van der Waals surface area contributed by atoms with Crippen LogP contribution in [0, 0.1) is 0 Å². The lowest BCUT2D eigenvalue weighted by atomic mass is 10.0. The molecular formula is C11H17NO2S. The van der Waals surface area contributed by atoms with Gasteiger partial charge in [-0.05, 0) is 19.3 Å². The zero-order chi connectivity index (χ0) is 11.3. The van der Waals surface area contributed by atoms with Crippen LogP contribution in [0.1, 0.15) is 43.3 Å². The molecular weight excluding hydrogens is 210 g/mol. The molecule has 1 unspecified atom stereocenters. The fourth-order valence-electron chi connectivity index (χ4n) is 1.45. The van der Waals surface area contributed by atoms with Crippen molar-refractivity contribution in [2.45, 2.75) is 39.0 Å². The van der Waals surface area contributed by atoms with Crippen LogP contribution < -0.4 is 0 Å². The van der Waals surface area contributed by atoms with Crippen molar-refractivity contribution in [2.24, 2.45) is 0 Å². The molecule has 1 heterocycles.